The predicted molar refractivity (Wildman–Crippen MR) is 73.2 cm³/mol. The molecule has 1 saturated heterocycles. The van der Waals surface area contributed by atoms with E-state index < -0.39 is 0 Å². The number of aromatic nitrogens is 2. The van der Waals surface area contributed by atoms with Gasteiger partial charge in [0.2, 0.25) is 0 Å². The second-order valence-electron chi connectivity index (χ2n) is 4.44. The smallest absolute Gasteiger partial charge is 0.353 e. The maximum atomic E-state index is 4.51. The molecule has 1 aliphatic rings. The Bertz CT molecular complexity index is 520. The molecule has 1 aliphatic heterocycles. The third kappa shape index (κ3) is 3.23. The summed E-state index contributed by atoms with van der Waals surface area (Å²) in [6.45, 7) is 2.04. The zero-order chi connectivity index (χ0) is 12.4. The number of nitrogens with zero attached hydrogens (tertiary/aromatic N) is 4. The van der Waals surface area contributed by atoms with E-state index >= 15 is 0 Å². The first-order valence-corrected chi connectivity index (χ1v) is 6.01. The zero-order valence-electron chi connectivity index (χ0n) is 10.6. The van der Waals surface area contributed by atoms with Crippen molar-refractivity contribution in [2.45, 2.75) is 0 Å². The Labute approximate surface area is 128 Å². The summed E-state index contributed by atoms with van der Waals surface area (Å²) in [5.41, 5.74) is 2.19. The van der Waals surface area contributed by atoms with E-state index in [9.17, 15) is 0 Å². The fourth-order valence-corrected chi connectivity index (χ4v) is 2.05. The zero-order valence-corrected chi connectivity index (χ0v) is 12.9. The Kier molecular flexibility index (Phi) is 4.72. The van der Waals surface area contributed by atoms with Crippen molar-refractivity contribution in [2.24, 2.45) is 0 Å². The molecule has 1 radical (unpaired) electrons. The van der Waals surface area contributed by atoms with E-state index in [1.165, 1.54) is 0 Å². The molecule has 0 spiro atoms. The van der Waals surface area contributed by atoms with Crippen LogP contribution in [0.15, 0.2) is 42.9 Å². The van der Waals surface area contributed by atoms with E-state index in [0.717, 1.165) is 30.0 Å². The van der Waals surface area contributed by atoms with Crippen molar-refractivity contribution in [3.05, 3.63) is 42.9 Å². The van der Waals surface area contributed by atoms with E-state index in [4.69, 9.17) is 0 Å². The van der Waals surface area contributed by atoms with Crippen LogP contribution in [0.5, 0.6) is 0 Å². The molecule has 19 heavy (non-hydrogen) atoms. The van der Waals surface area contributed by atoms with Gasteiger partial charge in [-0.15, -0.1) is 0 Å². The van der Waals surface area contributed by atoms with Gasteiger partial charge >= 0.3 is 7.55 Å². The molecular weight excluding hydrogens is 418 g/mol. The Morgan fingerprint density at radius 1 is 1.11 bits per heavy atom. The number of likely N-dealkylation sites (N-methyl/N-ethyl adjacent to an activating group) is 1. The molecule has 2 aromatic heterocycles. The van der Waals surface area contributed by atoms with E-state index in [1.807, 2.05) is 24.5 Å². The van der Waals surface area contributed by atoms with E-state index in [1.54, 1.807) is 6.20 Å². The van der Waals surface area contributed by atoms with E-state index in [0.29, 0.717) is 0 Å². The van der Waals surface area contributed by atoms with Crippen LogP contribution in [0.3, 0.4) is 0 Å². The van der Waals surface area contributed by atoms with Gasteiger partial charge < -0.3 is 9.62 Å². The van der Waals surface area contributed by atoms with Gasteiger partial charge in [0.1, 0.15) is 5.82 Å². The van der Waals surface area contributed by atoms with Crippen LogP contribution in [0.25, 0.3) is 11.1 Å². The number of hydrogen-bond acceptors (Lipinski definition) is 4. The van der Waals surface area contributed by atoms with Crippen molar-refractivity contribution in [3.8, 4) is 11.1 Å². The molecule has 0 unspecified atom stereocenters. The third-order valence-corrected chi connectivity index (χ3v) is 3.07. The van der Waals surface area contributed by atoms with Gasteiger partial charge in [0.15, 0.2) is 0 Å². The maximum Gasteiger partial charge on any atom is 0.353 e. The van der Waals surface area contributed by atoms with Crippen molar-refractivity contribution in [3.63, 3.8) is 0 Å². The SMILES string of the molecule is CN1[B]N(c2ccc(-c3cccnc3)cn2)CC1.[Pt]. The molecule has 0 bridgehead atoms. The molecule has 3 heterocycles. The van der Waals surface area contributed by atoms with Crippen molar-refractivity contribution >= 4 is 13.4 Å². The predicted octanol–water partition coefficient (Wildman–Crippen LogP) is 1.43. The minimum atomic E-state index is 0. The summed E-state index contributed by atoms with van der Waals surface area (Å²) >= 11 is 0. The van der Waals surface area contributed by atoms with Crippen LogP contribution in [0.1, 0.15) is 0 Å². The van der Waals surface area contributed by atoms with Crippen molar-refractivity contribution in [2.75, 3.05) is 24.9 Å². The minimum absolute atomic E-state index is 0. The van der Waals surface area contributed by atoms with Crippen LogP contribution in [-0.4, -0.2) is 42.5 Å². The summed E-state index contributed by atoms with van der Waals surface area (Å²) in [7, 11) is 4.16. The number of anilines is 1. The van der Waals surface area contributed by atoms with Gasteiger partial charge in [-0.2, -0.15) is 0 Å². The van der Waals surface area contributed by atoms with Gasteiger partial charge in [0, 0.05) is 63.9 Å². The normalized spacial score (nSPS) is 14.9. The van der Waals surface area contributed by atoms with Crippen LogP contribution in [-0.2, 0) is 21.1 Å². The van der Waals surface area contributed by atoms with Gasteiger partial charge in [0.05, 0.1) is 0 Å². The molecule has 2 aromatic rings. The maximum absolute atomic E-state index is 4.51. The van der Waals surface area contributed by atoms with Crippen LogP contribution in [0.4, 0.5) is 5.82 Å². The summed E-state index contributed by atoms with van der Waals surface area (Å²) in [6, 6.07) is 8.12. The Balaban J connectivity index is 0.00000133. The molecule has 3 rings (SSSR count). The van der Waals surface area contributed by atoms with Gasteiger partial charge in [-0.1, -0.05) is 6.07 Å². The van der Waals surface area contributed by atoms with Gasteiger partial charge in [0.25, 0.3) is 0 Å². The topological polar surface area (TPSA) is 32.3 Å². The molecule has 1 fully saturated rings. The molecule has 0 aliphatic carbocycles. The minimum Gasteiger partial charge on any atom is -0.388 e. The first-order chi connectivity index (χ1) is 8.83. The standard InChI is InChI=1S/C13H14BN4.Pt/c1-17-7-8-18(14-17)13-5-4-12(10-16-13)11-3-2-6-15-9-11;/h2-6,9-10H,7-8H2,1H3;. The average molecular weight is 432 g/mol. The summed E-state index contributed by atoms with van der Waals surface area (Å²) in [6.07, 6.45) is 5.53. The van der Waals surface area contributed by atoms with Crippen LogP contribution >= 0.6 is 0 Å². The Hall–Kier alpha value is -1.19. The quantitative estimate of drug-likeness (QED) is 0.673. The van der Waals surface area contributed by atoms with Crippen molar-refractivity contribution in [1.82, 2.24) is 14.8 Å². The van der Waals surface area contributed by atoms with Gasteiger partial charge in [-0.3, -0.25) is 4.98 Å². The second-order valence-corrected chi connectivity index (χ2v) is 4.44. The monoisotopic (exact) mass is 432 g/mol. The number of hydrogen-bond donors (Lipinski definition) is 0. The summed E-state index contributed by atoms with van der Waals surface area (Å²) in [4.78, 5) is 13.0. The van der Waals surface area contributed by atoms with Gasteiger partial charge in [-0.05, 0) is 25.2 Å². The average Bonchev–Trinajstić information content (AvgIpc) is 2.87. The molecule has 0 saturated carbocycles. The van der Waals surface area contributed by atoms with Crippen LogP contribution in [0, 0.1) is 0 Å². The molecule has 0 amide bonds. The summed E-state index contributed by atoms with van der Waals surface area (Å²) < 4.78 is 0. The fraction of sp³-hybridized carbons (Fsp3) is 0.231. The van der Waals surface area contributed by atoms with Crippen LogP contribution < -0.4 is 4.81 Å². The molecule has 99 valence electrons. The van der Waals surface area contributed by atoms with E-state index in [2.05, 4.69) is 46.3 Å². The van der Waals surface area contributed by atoms with Crippen molar-refractivity contribution < 1.29 is 21.1 Å². The second kappa shape index (κ2) is 6.31. The largest absolute Gasteiger partial charge is 0.388 e. The molecule has 0 aromatic carbocycles. The van der Waals surface area contributed by atoms with E-state index in [-0.39, 0.29) is 21.1 Å². The molecule has 0 N–H and O–H groups in total. The summed E-state index contributed by atoms with van der Waals surface area (Å²) in [5, 5.41) is 0. The van der Waals surface area contributed by atoms with Gasteiger partial charge in [-0.25, -0.2) is 4.98 Å². The molecule has 4 nitrogen and oxygen atoms in total. The first kappa shape index (κ1) is 14.2. The fourth-order valence-electron chi connectivity index (χ4n) is 2.05. The molecule has 6 heteroatoms. The number of rotatable bonds is 2. The Morgan fingerprint density at radius 2 is 1.95 bits per heavy atom. The van der Waals surface area contributed by atoms with Crippen molar-refractivity contribution in [1.29, 1.82) is 0 Å². The summed E-state index contributed by atoms with van der Waals surface area (Å²) in [5.74, 6) is 0.993. The first-order valence-electron chi connectivity index (χ1n) is 6.01. The Morgan fingerprint density at radius 3 is 2.53 bits per heavy atom. The third-order valence-electron chi connectivity index (χ3n) is 3.07. The van der Waals surface area contributed by atoms with Crippen LogP contribution in [0.2, 0.25) is 0 Å². The number of pyridine rings is 2. The molecule has 0 atom stereocenters. The molecular formula is C13H14BN4Pt.